The third kappa shape index (κ3) is 4.37. The number of hydrogen-bond acceptors (Lipinski definition) is 2. The maximum Gasteiger partial charge on any atom is 0.119 e. The van der Waals surface area contributed by atoms with Crippen molar-refractivity contribution in [2.45, 2.75) is 25.8 Å². The van der Waals surface area contributed by atoms with Crippen molar-refractivity contribution in [3.05, 3.63) is 63.6 Å². The topological polar surface area (TPSA) is 35.2 Å². The Kier molecular flexibility index (Phi) is 5.92. The Balaban J connectivity index is 2.12. The first-order valence-electron chi connectivity index (χ1n) is 7.03. The van der Waals surface area contributed by atoms with Crippen molar-refractivity contribution < 1.29 is 4.74 Å². The molecular formula is C17H19Cl2NO. The first kappa shape index (κ1) is 16.2. The van der Waals surface area contributed by atoms with Gasteiger partial charge < -0.3 is 10.5 Å². The van der Waals surface area contributed by atoms with Crippen molar-refractivity contribution in [3.63, 3.8) is 0 Å². The van der Waals surface area contributed by atoms with Crippen molar-refractivity contribution in [1.29, 1.82) is 0 Å². The lowest BCUT2D eigenvalue weighted by Gasteiger charge is -2.15. The molecule has 2 nitrogen and oxygen atoms in total. The number of benzene rings is 2. The average Bonchev–Trinajstić information content (AvgIpc) is 2.50. The fraction of sp³-hybridized carbons (Fsp3) is 0.294. The van der Waals surface area contributed by atoms with Gasteiger partial charge in [-0.3, -0.25) is 0 Å². The molecule has 0 aromatic heterocycles. The zero-order valence-corrected chi connectivity index (χ0v) is 13.5. The molecule has 0 bridgehead atoms. The van der Waals surface area contributed by atoms with Crippen LogP contribution in [0.2, 0.25) is 10.0 Å². The maximum absolute atomic E-state index is 6.29. The van der Waals surface area contributed by atoms with Crippen LogP contribution >= 0.6 is 23.2 Å². The van der Waals surface area contributed by atoms with Crippen LogP contribution in [-0.4, -0.2) is 6.61 Å². The molecule has 2 rings (SSSR count). The van der Waals surface area contributed by atoms with E-state index >= 15 is 0 Å². The summed E-state index contributed by atoms with van der Waals surface area (Å²) in [4.78, 5) is 0. The van der Waals surface area contributed by atoms with Crippen LogP contribution in [0.1, 0.15) is 30.5 Å². The van der Waals surface area contributed by atoms with Gasteiger partial charge in [-0.2, -0.15) is 0 Å². The van der Waals surface area contributed by atoms with E-state index in [0.29, 0.717) is 23.1 Å². The molecule has 0 heterocycles. The number of nitrogens with two attached hydrogens (primary N) is 1. The Bertz CT molecular complexity index is 601. The van der Waals surface area contributed by atoms with Gasteiger partial charge in [-0.1, -0.05) is 54.4 Å². The minimum atomic E-state index is -0.147. The zero-order valence-electron chi connectivity index (χ0n) is 12.0. The molecule has 1 atom stereocenters. The van der Waals surface area contributed by atoms with Crippen LogP contribution in [0.3, 0.4) is 0 Å². The standard InChI is InChI=1S/C17H19Cl2NO/c1-2-9-21-14-7-3-5-12(10-14)16(20)11-13-6-4-8-15(18)17(13)19/h3-8,10,16H,2,9,11,20H2,1H3. The second-order valence-corrected chi connectivity index (χ2v) is 5.73. The van der Waals surface area contributed by atoms with Crippen molar-refractivity contribution in [3.8, 4) is 5.75 Å². The molecule has 0 amide bonds. The molecule has 0 aliphatic rings. The minimum Gasteiger partial charge on any atom is -0.494 e. The molecule has 112 valence electrons. The molecule has 2 N–H and O–H groups in total. The summed E-state index contributed by atoms with van der Waals surface area (Å²) in [7, 11) is 0. The SMILES string of the molecule is CCCOc1cccc(C(N)Cc2cccc(Cl)c2Cl)c1. The summed E-state index contributed by atoms with van der Waals surface area (Å²) < 4.78 is 5.64. The van der Waals surface area contributed by atoms with E-state index in [2.05, 4.69) is 6.92 Å². The van der Waals surface area contributed by atoms with Gasteiger partial charge in [0.25, 0.3) is 0 Å². The van der Waals surface area contributed by atoms with Crippen LogP contribution in [0, 0.1) is 0 Å². The lowest BCUT2D eigenvalue weighted by atomic mass is 9.99. The van der Waals surface area contributed by atoms with Gasteiger partial charge in [-0.25, -0.2) is 0 Å². The van der Waals surface area contributed by atoms with E-state index in [1.54, 1.807) is 6.07 Å². The second kappa shape index (κ2) is 7.69. The summed E-state index contributed by atoms with van der Waals surface area (Å²) in [5, 5.41) is 1.13. The molecule has 0 radical (unpaired) electrons. The predicted octanol–water partition coefficient (Wildman–Crippen LogP) is 5.02. The highest BCUT2D eigenvalue weighted by Crippen LogP contribution is 2.29. The summed E-state index contributed by atoms with van der Waals surface area (Å²) in [5.74, 6) is 0.849. The van der Waals surface area contributed by atoms with E-state index in [9.17, 15) is 0 Å². The molecule has 0 saturated carbocycles. The molecule has 1 unspecified atom stereocenters. The van der Waals surface area contributed by atoms with Crippen LogP contribution in [0.15, 0.2) is 42.5 Å². The largest absolute Gasteiger partial charge is 0.494 e. The van der Waals surface area contributed by atoms with E-state index in [1.165, 1.54) is 0 Å². The highest BCUT2D eigenvalue weighted by Gasteiger charge is 2.12. The lowest BCUT2D eigenvalue weighted by molar-refractivity contribution is 0.317. The van der Waals surface area contributed by atoms with Crippen LogP contribution < -0.4 is 10.5 Å². The number of hydrogen-bond donors (Lipinski definition) is 1. The van der Waals surface area contributed by atoms with Gasteiger partial charge in [0, 0.05) is 6.04 Å². The Labute approximate surface area is 135 Å². The molecule has 2 aromatic carbocycles. The normalized spacial score (nSPS) is 12.2. The predicted molar refractivity (Wildman–Crippen MR) is 89.3 cm³/mol. The van der Waals surface area contributed by atoms with Gasteiger partial charge in [0.1, 0.15) is 5.75 Å². The molecule has 2 aromatic rings. The van der Waals surface area contributed by atoms with Gasteiger partial charge in [0.05, 0.1) is 16.7 Å². The zero-order chi connectivity index (χ0) is 15.2. The minimum absolute atomic E-state index is 0.147. The highest BCUT2D eigenvalue weighted by molar-refractivity contribution is 6.42. The average molecular weight is 324 g/mol. The van der Waals surface area contributed by atoms with Gasteiger partial charge in [0.15, 0.2) is 0 Å². The molecule has 0 fully saturated rings. The Hall–Kier alpha value is -1.22. The molecule has 0 aliphatic carbocycles. The van der Waals surface area contributed by atoms with E-state index < -0.39 is 0 Å². The first-order chi connectivity index (χ1) is 10.1. The van der Waals surface area contributed by atoms with E-state index in [1.807, 2.05) is 36.4 Å². The number of halogens is 2. The van der Waals surface area contributed by atoms with Gasteiger partial charge in [-0.15, -0.1) is 0 Å². The Morgan fingerprint density at radius 3 is 2.67 bits per heavy atom. The Morgan fingerprint density at radius 2 is 1.90 bits per heavy atom. The molecular weight excluding hydrogens is 305 g/mol. The van der Waals surface area contributed by atoms with E-state index in [4.69, 9.17) is 33.7 Å². The van der Waals surface area contributed by atoms with Crippen molar-refractivity contribution in [1.82, 2.24) is 0 Å². The number of ether oxygens (including phenoxy) is 1. The van der Waals surface area contributed by atoms with Gasteiger partial charge in [-0.05, 0) is 42.2 Å². The number of rotatable bonds is 6. The molecule has 0 aliphatic heterocycles. The van der Waals surface area contributed by atoms with Gasteiger partial charge >= 0.3 is 0 Å². The fourth-order valence-electron chi connectivity index (χ4n) is 2.12. The van der Waals surface area contributed by atoms with Crippen LogP contribution in [0.25, 0.3) is 0 Å². The lowest BCUT2D eigenvalue weighted by Crippen LogP contribution is -2.13. The third-order valence-corrected chi connectivity index (χ3v) is 4.09. The van der Waals surface area contributed by atoms with Crippen molar-refractivity contribution in [2.75, 3.05) is 6.61 Å². The van der Waals surface area contributed by atoms with Crippen molar-refractivity contribution >= 4 is 23.2 Å². The molecule has 0 spiro atoms. The second-order valence-electron chi connectivity index (χ2n) is 4.94. The molecule has 21 heavy (non-hydrogen) atoms. The highest BCUT2D eigenvalue weighted by atomic mass is 35.5. The Morgan fingerprint density at radius 1 is 1.14 bits per heavy atom. The van der Waals surface area contributed by atoms with Crippen LogP contribution in [0.5, 0.6) is 5.75 Å². The summed E-state index contributed by atoms with van der Waals surface area (Å²) in [6, 6.07) is 13.4. The third-order valence-electron chi connectivity index (χ3n) is 3.23. The summed E-state index contributed by atoms with van der Waals surface area (Å²) in [6.07, 6.45) is 1.62. The quantitative estimate of drug-likeness (QED) is 0.809. The first-order valence-corrected chi connectivity index (χ1v) is 7.78. The maximum atomic E-state index is 6.29. The smallest absolute Gasteiger partial charge is 0.119 e. The summed E-state index contributed by atoms with van der Waals surface area (Å²) >= 11 is 12.2. The van der Waals surface area contributed by atoms with Gasteiger partial charge in [0.2, 0.25) is 0 Å². The van der Waals surface area contributed by atoms with E-state index in [0.717, 1.165) is 23.3 Å². The summed E-state index contributed by atoms with van der Waals surface area (Å²) in [5.41, 5.74) is 8.27. The monoisotopic (exact) mass is 323 g/mol. The molecule has 0 saturated heterocycles. The fourth-order valence-corrected chi connectivity index (χ4v) is 2.51. The van der Waals surface area contributed by atoms with E-state index in [-0.39, 0.29) is 6.04 Å². The van der Waals surface area contributed by atoms with Crippen molar-refractivity contribution in [2.24, 2.45) is 5.73 Å². The molecule has 4 heteroatoms. The van der Waals surface area contributed by atoms with Crippen LogP contribution in [-0.2, 0) is 6.42 Å². The van der Waals surface area contributed by atoms with Crippen LogP contribution in [0.4, 0.5) is 0 Å². The summed E-state index contributed by atoms with van der Waals surface area (Å²) in [6.45, 7) is 2.79.